The molecule has 2 fully saturated rings. The number of nitrogens with zero attached hydrogens (tertiary/aromatic N) is 4. The van der Waals surface area contributed by atoms with E-state index in [-0.39, 0.29) is 43.3 Å². The smallest absolute Gasteiger partial charge is 0.137 e. The van der Waals surface area contributed by atoms with Crippen LogP contribution in [0.4, 0.5) is 22.7 Å². The molecule has 5 heteroatoms. The predicted octanol–water partition coefficient (Wildman–Crippen LogP) is 20.9. The zero-order valence-electron chi connectivity index (χ0n) is 51.0. The fraction of sp³-hybridized carbons (Fsp3) is 0.382. The maximum absolute atomic E-state index is 7.23. The minimum atomic E-state index is -0.362. The number of anilines is 4. The average Bonchev–Trinajstić information content (AvgIpc) is 3.45. The average molecular weight is 1070 g/mol. The van der Waals surface area contributed by atoms with E-state index in [2.05, 4.69) is 287 Å². The van der Waals surface area contributed by atoms with Gasteiger partial charge < -0.3 is 14.5 Å². The SMILES string of the molecule is CC(C)(C)c1cc(Oc2ccc3c4ccccc4n(-c4cc(C(C)(C)C)ccn4)c3c2)cc(N2CN(c3c(C4(c5ccccc5)C(C)(C)CCCC4(C)C)cccc3C3(c4ccccc4)C(C)(C)CCCC3(C)C)c3ccccc32)c1. The van der Waals surface area contributed by atoms with Crippen molar-refractivity contribution < 1.29 is 4.74 Å². The van der Waals surface area contributed by atoms with E-state index in [1.165, 1.54) is 74.1 Å². The molecule has 81 heavy (non-hydrogen) atoms. The third-order valence-corrected chi connectivity index (χ3v) is 20.3. The van der Waals surface area contributed by atoms with E-state index in [4.69, 9.17) is 9.72 Å². The summed E-state index contributed by atoms with van der Waals surface area (Å²) in [5.74, 6) is 2.50. The fourth-order valence-corrected chi connectivity index (χ4v) is 16.9. The molecule has 0 spiro atoms. The lowest BCUT2D eigenvalue weighted by atomic mass is 9.40. The number of para-hydroxylation sites is 4. The van der Waals surface area contributed by atoms with Gasteiger partial charge in [0, 0.05) is 45.6 Å². The van der Waals surface area contributed by atoms with Crippen LogP contribution in [0.1, 0.15) is 169 Å². The normalized spacial score (nSPS) is 18.9. The molecule has 416 valence electrons. The minimum absolute atomic E-state index is 0.0276. The summed E-state index contributed by atoms with van der Waals surface area (Å²) in [5.41, 5.74) is 13.9. The maximum Gasteiger partial charge on any atom is 0.137 e. The Balaban J connectivity index is 1.07. The molecule has 0 saturated heterocycles. The second-order valence-corrected chi connectivity index (χ2v) is 28.9. The van der Waals surface area contributed by atoms with Crippen LogP contribution in [0.5, 0.6) is 11.5 Å². The van der Waals surface area contributed by atoms with E-state index in [1.807, 2.05) is 6.20 Å². The van der Waals surface area contributed by atoms with Crippen LogP contribution in [0.15, 0.2) is 182 Å². The number of rotatable bonds is 9. The van der Waals surface area contributed by atoms with Crippen molar-refractivity contribution in [1.82, 2.24) is 9.55 Å². The van der Waals surface area contributed by atoms with Gasteiger partial charge in [-0.15, -0.1) is 0 Å². The Morgan fingerprint density at radius 3 is 1.49 bits per heavy atom. The summed E-state index contributed by atoms with van der Waals surface area (Å²) in [6.45, 7) is 35.0. The number of hydrogen-bond acceptors (Lipinski definition) is 4. The van der Waals surface area contributed by atoms with Crippen molar-refractivity contribution in [1.29, 1.82) is 0 Å². The minimum Gasteiger partial charge on any atom is -0.457 e. The highest BCUT2D eigenvalue weighted by Gasteiger charge is 2.63. The Morgan fingerprint density at radius 2 is 0.938 bits per heavy atom. The van der Waals surface area contributed by atoms with Crippen LogP contribution in [-0.4, -0.2) is 16.2 Å². The van der Waals surface area contributed by atoms with Gasteiger partial charge in [-0.25, -0.2) is 4.98 Å². The van der Waals surface area contributed by atoms with E-state index in [1.54, 1.807) is 0 Å². The van der Waals surface area contributed by atoms with Crippen LogP contribution in [-0.2, 0) is 21.7 Å². The number of ether oxygens (including phenoxy) is 1. The van der Waals surface area contributed by atoms with Gasteiger partial charge in [-0.05, 0) is 146 Å². The van der Waals surface area contributed by atoms with Gasteiger partial charge in [-0.2, -0.15) is 0 Å². The molecule has 0 amide bonds. The second kappa shape index (κ2) is 19.3. The maximum atomic E-state index is 7.23. The van der Waals surface area contributed by atoms with Crippen LogP contribution in [0.3, 0.4) is 0 Å². The molecule has 7 aromatic carbocycles. The zero-order chi connectivity index (χ0) is 57.1. The summed E-state index contributed by atoms with van der Waals surface area (Å²) in [4.78, 5) is 10.3. The van der Waals surface area contributed by atoms with E-state index >= 15 is 0 Å². The van der Waals surface area contributed by atoms with Crippen LogP contribution < -0.4 is 14.5 Å². The van der Waals surface area contributed by atoms with Crippen LogP contribution in [0, 0.1) is 21.7 Å². The second-order valence-electron chi connectivity index (χ2n) is 28.9. The molecule has 3 heterocycles. The molecule has 1 aliphatic heterocycles. The van der Waals surface area contributed by atoms with Gasteiger partial charge in [0.15, 0.2) is 0 Å². The Bertz CT molecular complexity index is 3690. The van der Waals surface area contributed by atoms with Crippen molar-refractivity contribution in [3.05, 3.63) is 216 Å². The molecule has 5 nitrogen and oxygen atoms in total. The van der Waals surface area contributed by atoms with E-state index in [0.717, 1.165) is 59.7 Å². The number of benzene rings is 7. The van der Waals surface area contributed by atoms with E-state index in [0.29, 0.717) is 6.67 Å². The van der Waals surface area contributed by atoms with Crippen LogP contribution in [0.2, 0.25) is 0 Å². The van der Waals surface area contributed by atoms with Crippen molar-refractivity contribution >= 4 is 44.6 Å². The number of hydrogen-bond donors (Lipinski definition) is 0. The number of fused-ring (bicyclic) bond motifs is 4. The van der Waals surface area contributed by atoms with Crippen molar-refractivity contribution in [2.45, 2.75) is 157 Å². The topological polar surface area (TPSA) is 33.5 Å². The summed E-state index contributed by atoms with van der Waals surface area (Å²) in [5, 5.41) is 2.36. The summed E-state index contributed by atoms with van der Waals surface area (Å²) >= 11 is 0. The predicted molar refractivity (Wildman–Crippen MR) is 342 cm³/mol. The van der Waals surface area contributed by atoms with Gasteiger partial charge in [0.1, 0.15) is 24.0 Å². The molecule has 9 aromatic rings. The first kappa shape index (κ1) is 54.5. The van der Waals surface area contributed by atoms with Gasteiger partial charge in [-0.3, -0.25) is 4.57 Å². The highest BCUT2D eigenvalue weighted by atomic mass is 16.5. The number of aromatic nitrogens is 2. The Hall–Kier alpha value is -7.11. The fourth-order valence-electron chi connectivity index (χ4n) is 16.9. The monoisotopic (exact) mass is 1070 g/mol. The molecule has 0 unspecified atom stereocenters. The zero-order valence-corrected chi connectivity index (χ0v) is 51.0. The quantitative estimate of drug-likeness (QED) is 0.144. The third-order valence-electron chi connectivity index (χ3n) is 20.3. The lowest BCUT2D eigenvalue weighted by molar-refractivity contribution is 0.00150. The molecule has 12 rings (SSSR count). The highest BCUT2D eigenvalue weighted by molar-refractivity contribution is 6.09. The largest absolute Gasteiger partial charge is 0.457 e. The molecule has 0 N–H and O–H groups in total. The first-order valence-corrected chi connectivity index (χ1v) is 30.1. The van der Waals surface area contributed by atoms with Crippen molar-refractivity contribution in [2.75, 3.05) is 16.5 Å². The van der Waals surface area contributed by atoms with Gasteiger partial charge in [-0.1, -0.05) is 219 Å². The summed E-state index contributed by atoms with van der Waals surface area (Å²) in [6.07, 6.45) is 8.90. The standard InChI is InChI=1S/C76H86N4O/c1-69(2,3)54-40-45-77-67(48-54)80-63-35-22-21-32-59(63)60-39-38-57(50-66(60)80)81-58-47-55(70(4,5)6)46-56(49-58)78-51-79(65-37-24-23-36-64(65)78)68-61(75(52-28-17-15-18-29-52)71(7,8)41-26-42-72(75,9)10)33-25-34-62(68)76(53-30-19-16-20-31-53)73(11,12)43-27-44-74(76,13)14/h15-25,28-40,45-50H,26-27,41-44,51H2,1-14H3. The van der Waals surface area contributed by atoms with Crippen LogP contribution >= 0.6 is 0 Å². The Labute approximate surface area is 484 Å². The molecule has 0 radical (unpaired) electrons. The first-order valence-electron chi connectivity index (χ1n) is 30.1. The number of pyridine rings is 1. The molecule has 2 saturated carbocycles. The van der Waals surface area contributed by atoms with Gasteiger partial charge in [0.25, 0.3) is 0 Å². The van der Waals surface area contributed by atoms with Crippen LogP contribution in [0.25, 0.3) is 27.6 Å². The molecular weight excluding hydrogens is 985 g/mol. The van der Waals surface area contributed by atoms with E-state index < -0.39 is 0 Å². The van der Waals surface area contributed by atoms with Crippen molar-refractivity contribution in [3.8, 4) is 17.3 Å². The third kappa shape index (κ3) is 8.48. The lowest BCUT2D eigenvalue weighted by Gasteiger charge is -2.63. The van der Waals surface area contributed by atoms with E-state index in [9.17, 15) is 0 Å². The molecule has 0 bridgehead atoms. The van der Waals surface area contributed by atoms with Gasteiger partial charge in [0.2, 0.25) is 0 Å². The summed E-state index contributed by atoms with van der Waals surface area (Å²) in [7, 11) is 0. The first-order chi connectivity index (χ1) is 38.4. The summed E-state index contributed by atoms with van der Waals surface area (Å²) < 4.78 is 9.53. The Morgan fingerprint density at radius 1 is 0.432 bits per heavy atom. The molecule has 3 aliphatic rings. The molecule has 2 aromatic heterocycles. The van der Waals surface area contributed by atoms with Gasteiger partial charge >= 0.3 is 0 Å². The molecular formula is C76H86N4O. The molecule has 0 atom stereocenters. The van der Waals surface area contributed by atoms with Crippen molar-refractivity contribution in [3.63, 3.8) is 0 Å². The highest BCUT2D eigenvalue weighted by Crippen LogP contribution is 2.70. The lowest BCUT2D eigenvalue weighted by Crippen LogP contribution is -2.58. The molecule has 2 aliphatic carbocycles. The van der Waals surface area contributed by atoms with Gasteiger partial charge in [0.05, 0.1) is 28.1 Å². The van der Waals surface area contributed by atoms with Crippen molar-refractivity contribution in [2.24, 2.45) is 21.7 Å². The Kier molecular flexibility index (Phi) is 12.9. The summed E-state index contributed by atoms with van der Waals surface area (Å²) in [6, 6.07) is 66.8.